The van der Waals surface area contributed by atoms with Crippen LogP contribution in [0, 0.1) is 5.82 Å². The summed E-state index contributed by atoms with van der Waals surface area (Å²) in [6, 6.07) is 5.52. The van der Waals surface area contributed by atoms with E-state index in [1.165, 1.54) is 0 Å². The van der Waals surface area contributed by atoms with Crippen molar-refractivity contribution in [1.29, 1.82) is 0 Å². The van der Waals surface area contributed by atoms with Crippen LogP contribution in [0.2, 0.25) is 0 Å². The number of rotatable bonds is 10. The van der Waals surface area contributed by atoms with Gasteiger partial charge in [-0.1, -0.05) is 6.07 Å². The predicted octanol–water partition coefficient (Wildman–Crippen LogP) is 2.16. The number of nitrogens with one attached hydrogen (secondary N) is 1. The first kappa shape index (κ1) is 17.9. The van der Waals surface area contributed by atoms with E-state index in [0.29, 0.717) is 31.8 Å². The normalized spacial score (nSPS) is 11.1. The summed E-state index contributed by atoms with van der Waals surface area (Å²) >= 11 is 0. The van der Waals surface area contributed by atoms with Gasteiger partial charge in [0.1, 0.15) is 5.82 Å². The minimum atomic E-state index is -0.215. The number of aliphatic hydroxyl groups is 1. The van der Waals surface area contributed by atoms with Gasteiger partial charge in [0.15, 0.2) is 0 Å². The first-order chi connectivity index (χ1) is 10.1. The molecule has 0 saturated heterocycles. The van der Waals surface area contributed by atoms with Gasteiger partial charge in [-0.05, 0) is 38.0 Å². The van der Waals surface area contributed by atoms with Crippen molar-refractivity contribution in [3.05, 3.63) is 29.6 Å². The number of ether oxygens (including phenoxy) is 1. The zero-order valence-electron chi connectivity index (χ0n) is 13.2. The van der Waals surface area contributed by atoms with E-state index in [-0.39, 0.29) is 18.5 Å². The molecular weight excluding hydrogens is 271 g/mol. The Kier molecular flexibility index (Phi) is 8.27. The molecule has 120 valence electrons. The van der Waals surface area contributed by atoms with Crippen molar-refractivity contribution in [2.24, 2.45) is 0 Å². The second-order valence-corrected chi connectivity index (χ2v) is 5.32. The number of halogens is 1. The summed E-state index contributed by atoms with van der Waals surface area (Å²) in [5.74, 6) is -0.215. The molecule has 0 atom stereocenters. The van der Waals surface area contributed by atoms with Crippen LogP contribution < -0.4 is 10.2 Å². The molecule has 21 heavy (non-hydrogen) atoms. The maximum Gasteiger partial charge on any atom is 0.146 e. The lowest BCUT2D eigenvalue weighted by Gasteiger charge is -2.29. The fraction of sp³-hybridized carbons (Fsp3) is 0.625. The summed E-state index contributed by atoms with van der Waals surface area (Å²) in [6.07, 6.45) is 0.637. The van der Waals surface area contributed by atoms with Gasteiger partial charge in [-0.15, -0.1) is 0 Å². The van der Waals surface area contributed by atoms with Crippen molar-refractivity contribution in [2.45, 2.75) is 32.9 Å². The van der Waals surface area contributed by atoms with Gasteiger partial charge in [-0.2, -0.15) is 0 Å². The third kappa shape index (κ3) is 5.99. The Labute approximate surface area is 126 Å². The zero-order valence-corrected chi connectivity index (χ0v) is 13.2. The van der Waals surface area contributed by atoms with E-state index in [0.717, 1.165) is 12.1 Å². The first-order valence-electron chi connectivity index (χ1n) is 7.45. The molecule has 0 amide bonds. The Morgan fingerprint density at radius 1 is 1.38 bits per heavy atom. The van der Waals surface area contributed by atoms with E-state index >= 15 is 0 Å². The minimum absolute atomic E-state index is 0.117. The average Bonchev–Trinajstić information content (AvgIpc) is 2.45. The van der Waals surface area contributed by atoms with Crippen molar-refractivity contribution in [3.8, 4) is 0 Å². The second kappa shape index (κ2) is 9.71. The molecule has 0 saturated carbocycles. The zero-order chi connectivity index (χ0) is 15.7. The van der Waals surface area contributed by atoms with Crippen molar-refractivity contribution >= 4 is 5.69 Å². The van der Waals surface area contributed by atoms with Crippen molar-refractivity contribution < 1.29 is 14.2 Å². The van der Waals surface area contributed by atoms with Crippen molar-refractivity contribution in [1.82, 2.24) is 5.32 Å². The molecule has 4 nitrogen and oxygen atoms in total. The summed E-state index contributed by atoms with van der Waals surface area (Å²) in [5, 5.41) is 12.2. The minimum Gasteiger partial charge on any atom is -0.396 e. The molecule has 0 spiro atoms. The van der Waals surface area contributed by atoms with Crippen LogP contribution in [-0.2, 0) is 11.3 Å². The van der Waals surface area contributed by atoms with Gasteiger partial charge < -0.3 is 20.1 Å². The Balaban J connectivity index is 2.70. The highest BCUT2D eigenvalue weighted by molar-refractivity contribution is 5.50. The van der Waals surface area contributed by atoms with Gasteiger partial charge in [-0.25, -0.2) is 4.39 Å². The van der Waals surface area contributed by atoms with Crippen LogP contribution >= 0.6 is 0 Å². The molecule has 0 bridgehead atoms. The molecule has 0 aliphatic rings. The molecule has 5 heteroatoms. The average molecular weight is 298 g/mol. The topological polar surface area (TPSA) is 44.7 Å². The third-order valence-corrected chi connectivity index (χ3v) is 3.31. The van der Waals surface area contributed by atoms with Crippen LogP contribution in [0.4, 0.5) is 10.1 Å². The lowest BCUT2D eigenvalue weighted by molar-refractivity contribution is 0.199. The summed E-state index contributed by atoms with van der Waals surface area (Å²) in [7, 11) is 1.66. The number of benzene rings is 1. The van der Waals surface area contributed by atoms with Crippen LogP contribution in [0.25, 0.3) is 0 Å². The SMILES string of the molecule is COCCNCc1ccc(N(CCCO)C(C)C)c(F)c1. The monoisotopic (exact) mass is 298 g/mol. The van der Waals surface area contributed by atoms with Crippen molar-refractivity contribution in [2.75, 3.05) is 38.3 Å². The number of hydrogen-bond acceptors (Lipinski definition) is 4. The quantitative estimate of drug-likeness (QED) is 0.650. The summed E-state index contributed by atoms with van der Waals surface area (Å²) in [6.45, 7) is 6.83. The van der Waals surface area contributed by atoms with Crippen LogP contribution in [0.5, 0.6) is 0 Å². The lowest BCUT2D eigenvalue weighted by atomic mass is 10.1. The molecule has 0 heterocycles. The first-order valence-corrected chi connectivity index (χ1v) is 7.45. The van der Waals surface area contributed by atoms with Gasteiger partial charge in [0.2, 0.25) is 0 Å². The number of aliphatic hydroxyl groups excluding tert-OH is 1. The van der Waals surface area contributed by atoms with E-state index in [9.17, 15) is 4.39 Å². The highest BCUT2D eigenvalue weighted by atomic mass is 19.1. The van der Waals surface area contributed by atoms with Crippen LogP contribution in [0.15, 0.2) is 18.2 Å². The smallest absolute Gasteiger partial charge is 0.146 e. The summed E-state index contributed by atoms with van der Waals surface area (Å²) < 4.78 is 19.3. The Morgan fingerprint density at radius 3 is 2.71 bits per heavy atom. The molecule has 0 aliphatic heterocycles. The van der Waals surface area contributed by atoms with Gasteiger partial charge in [0, 0.05) is 39.4 Å². The summed E-state index contributed by atoms with van der Waals surface area (Å²) in [4.78, 5) is 1.98. The highest BCUT2D eigenvalue weighted by Crippen LogP contribution is 2.23. The molecule has 0 aliphatic carbocycles. The Morgan fingerprint density at radius 2 is 2.14 bits per heavy atom. The van der Waals surface area contributed by atoms with Crippen LogP contribution in [0.3, 0.4) is 0 Å². The predicted molar refractivity (Wildman–Crippen MR) is 84.2 cm³/mol. The van der Waals surface area contributed by atoms with E-state index in [1.807, 2.05) is 30.9 Å². The van der Waals surface area contributed by atoms with E-state index in [1.54, 1.807) is 13.2 Å². The fourth-order valence-electron chi connectivity index (χ4n) is 2.20. The largest absolute Gasteiger partial charge is 0.396 e. The summed E-state index contributed by atoms with van der Waals surface area (Å²) in [5.41, 5.74) is 1.51. The molecule has 0 fully saturated rings. The van der Waals surface area contributed by atoms with Crippen molar-refractivity contribution in [3.63, 3.8) is 0 Å². The molecule has 1 aromatic carbocycles. The van der Waals surface area contributed by atoms with Gasteiger partial charge >= 0.3 is 0 Å². The third-order valence-electron chi connectivity index (χ3n) is 3.31. The maximum absolute atomic E-state index is 14.3. The Bertz CT molecular complexity index is 413. The standard InChI is InChI=1S/C16H27FN2O2/c1-13(2)19(8-4-9-20)16-6-5-14(11-15(16)17)12-18-7-10-21-3/h5-6,11,13,18,20H,4,7-10,12H2,1-3H3. The highest BCUT2D eigenvalue weighted by Gasteiger charge is 2.14. The second-order valence-electron chi connectivity index (χ2n) is 5.32. The molecular formula is C16H27FN2O2. The number of hydrogen-bond donors (Lipinski definition) is 2. The molecule has 0 aromatic heterocycles. The Hall–Kier alpha value is -1.17. The molecule has 1 rings (SSSR count). The molecule has 2 N–H and O–H groups in total. The molecule has 0 unspecified atom stereocenters. The number of nitrogens with zero attached hydrogens (tertiary/aromatic N) is 1. The van der Waals surface area contributed by atoms with E-state index < -0.39 is 0 Å². The van der Waals surface area contributed by atoms with E-state index in [2.05, 4.69) is 5.32 Å². The van der Waals surface area contributed by atoms with Crippen LogP contribution in [0.1, 0.15) is 25.8 Å². The number of methoxy groups -OCH3 is 1. The van der Waals surface area contributed by atoms with Gasteiger partial charge in [0.05, 0.1) is 12.3 Å². The van der Waals surface area contributed by atoms with E-state index in [4.69, 9.17) is 9.84 Å². The fourth-order valence-corrected chi connectivity index (χ4v) is 2.20. The number of anilines is 1. The maximum atomic E-state index is 14.3. The van der Waals surface area contributed by atoms with Gasteiger partial charge in [-0.3, -0.25) is 0 Å². The lowest BCUT2D eigenvalue weighted by Crippen LogP contribution is -2.33. The van der Waals surface area contributed by atoms with Gasteiger partial charge in [0.25, 0.3) is 0 Å². The molecule has 0 radical (unpaired) electrons. The van der Waals surface area contributed by atoms with Crippen LogP contribution in [-0.4, -0.2) is 44.6 Å². The molecule has 1 aromatic rings.